The Bertz CT molecular complexity index is 1060. The average Bonchev–Trinajstić information content (AvgIpc) is 2.78. The number of amides is 2. The van der Waals surface area contributed by atoms with Crippen LogP contribution in [0, 0.1) is 6.92 Å². The molecule has 1 saturated heterocycles. The standard InChI is InChI=1S/C23H23N3O3/c1-15-7-9-16(10-8-15)20-13-18(17-5-3-4-6-19(17)25-20)23(28)26-11-12-29-21(14-26)22(27)24-2/h3-10,13,21H,11-12,14H2,1-2H3,(H,24,27). The molecule has 1 unspecified atom stereocenters. The molecule has 0 aliphatic carbocycles. The van der Waals surface area contributed by atoms with Crippen molar-refractivity contribution in [2.24, 2.45) is 0 Å². The number of para-hydroxylation sites is 1. The van der Waals surface area contributed by atoms with Crippen LogP contribution >= 0.6 is 0 Å². The number of aromatic nitrogens is 1. The van der Waals surface area contributed by atoms with Gasteiger partial charge in [0.15, 0.2) is 6.10 Å². The maximum Gasteiger partial charge on any atom is 0.254 e. The Morgan fingerprint density at radius 2 is 1.90 bits per heavy atom. The highest BCUT2D eigenvalue weighted by molar-refractivity contribution is 6.07. The van der Waals surface area contributed by atoms with E-state index >= 15 is 0 Å². The van der Waals surface area contributed by atoms with Crippen molar-refractivity contribution in [3.8, 4) is 11.3 Å². The molecular formula is C23H23N3O3. The van der Waals surface area contributed by atoms with Gasteiger partial charge in [-0.25, -0.2) is 4.98 Å². The smallest absolute Gasteiger partial charge is 0.254 e. The van der Waals surface area contributed by atoms with Gasteiger partial charge < -0.3 is 15.0 Å². The quantitative estimate of drug-likeness (QED) is 0.748. The number of nitrogens with zero attached hydrogens (tertiary/aromatic N) is 2. The molecule has 0 bridgehead atoms. The van der Waals surface area contributed by atoms with Crippen molar-refractivity contribution < 1.29 is 14.3 Å². The van der Waals surface area contributed by atoms with Crippen LogP contribution in [0.5, 0.6) is 0 Å². The molecule has 0 radical (unpaired) electrons. The minimum Gasteiger partial charge on any atom is -0.365 e. The molecule has 4 rings (SSSR count). The fraction of sp³-hybridized carbons (Fsp3) is 0.261. The second-order valence-corrected chi connectivity index (χ2v) is 7.16. The van der Waals surface area contributed by atoms with Gasteiger partial charge in [-0.05, 0) is 19.1 Å². The van der Waals surface area contributed by atoms with E-state index in [2.05, 4.69) is 5.32 Å². The van der Waals surface area contributed by atoms with Crippen molar-refractivity contribution >= 4 is 22.7 Å². The van der Waals surface area contributed by atoms with Crippen LogP contribution in [0.1, 0.15) is 15.9 Å². The van der Waals surface area contributed by atoms with Crippen LogP contribution < -0.4 is 5.32 Å². The van der Waals surface area contributed by atoms with Crippen molar-refractivity contribution in [1.29, 1.82) is 0 Å². The molecule has 1 atom stereocenters. The summed E-state index contributed by atoms with van der Waals surface area (Å²) in [6.45, 7) is 3.05. The Kier molecular flexibility index (Phi) is 5.27. The molecule has 1 fully saturated rings. The number of carbonyl (C=O) groups excluding carboxylic acids is 2. The van der Waals surface area contributed by atoms with Gasteiger partial charge in [0.2, 0.25) is 0 Å². The second kappa shape index (κ2) is 8.01. The zero-order valence-corrected chi connectivity index (χ0v) is 16.5. The van der Waals surface area contributed by atoms with E-state index in [1.807, 2.05) is 61.5 Å². The lowest BCUT2D eigenvalue weighted by molar-refractivity contribution is -0.136. The van der Waals surface area contributed by atoms with Gasteiger partial charge in [-0.3, -0.25) is 9.59 Å². The van der Waals surface area contributed by atoms with E-state index < -0.39 is 6.10 Å². The number of nitrogens with one attached hydrogen (secondary N) is 1. The lowest BCUT2D eigenvalue weighted by Gasteiger charge is -2.32. The number of carbonyl (C=O) groups is 2. The van der Waals surface area contributed by atoms with Crippen LogP contribution in [-0.4, -0.2) is 54.5 Å². The summed E-state index contributed by atoms with van der Waals surface area (Å²) in [5.74, 6) is -0.336. The van der Waals surface area contributed by atoms with Gasteiger partial charge in [-0.2, -0.15) is 0 Å². The summed E-state index contributed by atoms with van der Waals surface area (Å²) in [6, 6.07) is 17.6. The summed E-state index contributed by atoms with van der Waals surface area (Å²) in [5.41, 5.74) is 4.23. The molecule has 1 aliphatic heterocycles. The van der Waals surface area contributed by atoms with E-state index in [4.69, 9.17) is 9.72 Å². The number of fused-ring (bicyclic) bond motifs is 1. The molecule has 6 nitrogen and oxygen atoms in total. The maximum atomic E-state index is 13.4. The Balaban J connectivity index is 1.74. The monoisotopic (exact) mass is 389 g/mol. The van der Waals surface area contributed by atoms with Crippen molar-refractivity contribution in [2.75, 3.05) is 26.7 Å². The Morgan fingerprint density at radius 3 is 2.66 bits per heavy atom. The molecule has 2 aromatic carbocycles. The normalized spacial score (nSPS) is 16.6. The number of pyridine rings is 1. The molecule has 1 aliphatic rings. The molecule has 1 N–H and O–H groups in total. The highest BCUT2D eigenvalue weighted by Crippen LogP contribution is 2.26. The first-order chi connectivity index (χ1) is 14.1. The van der Waals surface area contributed by atoms with Crippen LogP contribution in [0.3, 0.4) is 0 Å². The molecule has 2 heterocycles. The fourth-order valence-electron chi connectivity index (χ4n) is 3.55. The third kappa shape index (κ3) is 3.84. The number of likely N-dealkylation sites (N-methyl/N-ethyl adjacent to an activating group) is 1. The van der Waals surface area contributed by atoms with Crippen LogP contribution in [-0.2, 0) is 9.53 Å². The van der Waals surface area contributed by atoms with Crippen molar-refractivity contribution in [3.05, 3.63) is 65.7 Å². The molecule has 29 heavy (non-hydrogen) atoms. The van der Waals surface area contributed by atoms with Gasteiger partial charge >= 0.3 is 0 Å². The fourth-order valence-corrected chi connectivity index (χ4v) is 3.55. The van der Waals surface area contributed by atoms with E-state index in [1.165, 1.54) is 5.56 Å². The number of aryl methyl sites for hydroxylation is 1. The minimum absolute atomic E-state index is 0.117. The largest absolute Gasteiger partial charge is 0.365 e. The third-order valence-electron chi connectivity index (χ3n) is 5.19. The molecule has 6 heteroatoms. The summed E-state index contributed by atoms with van der Waals surface area (Å²) in [7, 11) is 1.57. The number of benzene rings is 2. The number of hydrogen-bond donors (Lipinski definition) is 1. The van der Waals surface area contributed by atoms with Gasteiger partial charge in [0.05, 0.1) is 29.9 Å². The first kappa shape index (κ1) is 19.1. The van der Waals surface area contributed by atoms with Crippen molar-refractivity contribution in [2.45, 2.75) is 13.0 Å². The third-order valence-corrected chi connectivity index (χ3v) is 5.19. The van der Waals surface area contributed by atoms with Crippen molar-refractivity contribution in [1.82, 2.24) is 15.2 Å². The summed E-state index contributed by atoms with van der Waals surface area (Å²) >= 11 is 0. The highest BCUT2D eigenvalue weighted by Gasteiger charge is 2.30. The summed E-state index contributed by atoms with van der Waals surface area (Å²) in [5, 5.41) is 3.39. The Morgan fingerprint density at radius 1 is 1.14 bits per heavy atom. The number of rotatable bonds is 3. The van der Waals surface area contributed by atoms with E-state index in [1.54, 1.807) is 11.9 Å². The lowest BCUT2D eigenvalue weighted by atomic mass is 10.0. The number of morpholine rings is 1. The van der Waals surface area contributed by atoms with Gasteiger partial charge in [-0.15, -0.1) is 0 Å². The molecule has 0 saturated carbocycles. The van der Waals surface area contributed by atoms with Crippen LogP contribution in [0.15, 0.2) is 54.6 Å². The number of hydrogen-bond acceptors (Lipinski definition) is 4. The predicted molar refractivity (Wildman–Crippen MR) is 112 cm³/mol. The van der Waals surface area contributed by atoms with Gasteiger partial charge in [-0.1, -0.05) is 48.0 Å². The van der Waals surface area contributed by atoms with E-state index in [0.29, 0.717) is 18.7 Å². The molecule has 1 aromatic heterocycles. The maximum absolute atomic E-state index is 13.4. The highest BCUT2D eigenvalue weighted by atomic mass is 16.5. The molecule has 2 amide bonds. The Labute approximate surface area is 169 Å². The van der Waals surface area contributed by atoms with E-state index in [9.17, 15) is 9.59 Å². The number of ether oxygens (including phenoxy) is 1. The average molecular weight is 389 g/mol. The summed E-state index contributed by atoms with van der Waals surface area (Å²) in [6.07, 6.45) is -0.651. The van der Waals surface area contributed by atoms with Gasteiger partial charge in [0, 0.05) is 24.5 Å². The first-order valence-electron chi connectivity index (χ1n) is 9.66. The summed E-state index contributed by atoms with van der Waals surface area (Å²) in [4.78, 5) is 31.8. The van der Waals surface area contributed by atoms with E-state index in [0.717, 1.165) is 22.2 Å². The minimum atomic E-state index is -0.651. The zero-order chi connectivity index (χ0) is 20.4. The van der Waals surface area contributed by atoms with Gasteiger partial charge in [0.1, 0.15) is 0 Å². The lowest BCUT2D eigenvalue weighted by Crippen LogP contribution is -2.51. The molecular weight excluding hydrogens is 366 g/mol. The zero-order valence-electron chi connectivity index (χ0n) is 16.5. The Hall–Kier alpha value is -3.25. The van der Waals surface area contributed by atoms with E-state index in [-0.39, 0.29) is 18.4 Å². The van der Waals surface area contributed by atoms with Gasteiger partial charge in [0.25, 0.3) is 11.8 Å². The summed E-state index contributed by atoms with van der Waals surface area (Å²) < 4.78 is 5.52. The molecule has 0 spiro atoms. The van der Waals surface area contributed by atoms with Crippen LogP contribution in [0.2, 0.25) is 0 Å². The van der Waals surface area contributed by atoms with Crippen LogP contribution in [0.25, 0.3) is 22.2 Å². The topological polar surface area (TPSA) is 71.5 Å². The molecule has 148 valence electrons. The first-order valence-corrected chi connectivity index (χ1v) is 9.66. The SMILES string of the molecule is CNC(=O)C1CN(C(=O)c2cc(-c3ccc(C)cc3)nc3ccccc23)CCO1. The molecule has 3 aromatic rings. The predicted octanol–water partition coefficient (Wildman–Crippen LogP) is 2.80. The van der Waals surface area contributed by atoms with Crippen LogP contribution in [0.4, 0.5) is 0 Å². The van der Waals surface area contributed by atoms with Crippen molar-refractivity contribution in [3.63, 3.8) is 0 Å². The second-order valence-electron chi connectivity index (χ2n) is 7.16.